The Labute approximate surface area is 217 Å². The van der Waals surface area contributed by atoms with Crippen LogP contribution in [0.5, 0.6) is 0 Å². The van der Waals surface area contributed by atoms with Gasteiger partial charge in [0.05, 0.1) is 5.69 Å². The van der Waals surface area contributed by atoms with Crippen LogP contribution in [-0.2, 0) is 4.79 Å². The van der Waals surface area contributed by atoms with Gasteiger partial charge in [0.1, 0.15) is 6.04 Å². The fraction of sp³-hybridized carbons (Fsp3) is 0.174. The third-order valence-corrected chi connectivity index (χ3v) is 6.31. The van der Waals surface area contributed by atoms with Gasteiger partial charge < -0.3 is 20.8 Å². The highest BCUT2D eigenvalue weighted by Crippen LogP contribution is 2.28. The molecule has 1 atom stereocenters. The molecule has 4 aromatic rings. The molecule has 4 rings (SSSR count). The maximum Gasteiger partial charge on any atom is 0.251 e. The van der Waals surface area contributed by atoms with Crippen molar-refractivity contribution in [2.75, 3.05) is 23.1 Å². The van der Waals surface area contributed by atoms with Crippen LogP contribution >= 0.6 is 36.6 Å². The van der Waals surface area contributed by atoms with Gasteiger partial charge in [0.15, 0.2) is 5.13 Å². The number of anilines is 2. The minimum atomic E-state index is -0.703. The molecule has 182 valence electrons. The molecule has 0 bridgehead atoms. The fourth-order valence-corrected chi connectivity index (χ4v) is 4.34. The normalized spacial score (nSPS) is 11.3. The lowest BCUT2D eigenvalue weighted by atomic mass is 10.1. The van der Waals surface area contributed by atoms with Crippen LogP contribution in [0.1, 0.15) is 16.8 Å². The summed E-state index contributed by atoms with van der Waals surface area (Å²) in [6, 6.07) is 13.4. The van der Waals surface area contributed by atoms with Crippen LogP contribution in [0, 0.1) is 0 Å². The van der Waals surface area contributed by atoms with Crippen molar-refractivity contribution in [3.63, 3.8) is 0 Å². The number of nitrogen functional groups attached to an aromatic ring is 1. The summed E-state index contributed by atoms with van der Waals surface area (Å²) in [6.45, 7) is 0. The predicted molar refractivity (Wildman–Crippen MR) is 145 cm³/mol. The third kappa shape index (κ3) is 6.84. The highest BCUT2D eigenvalue weighted by molar-refractivity contribution is 7.98. The summed E-state index contributed by atoms with van der Waals surface area (Å²) in [6.07, 6.45) is 3.71. The molecule has 0 unspecified atom stereocenters. The minimum absolute atomic E-state index is 0. The highest BCUT2D eigenvalue weighted by atomic mass is 32.2. The van der Waals surface area contributed by atoms with Crippen LogP contribution in [-0.4, -0.2) is 45.0 Å². The second kappa shape index (κ2) is 12.4. The zero-order valence-corrected chi connectivity index (χ0v) is 21.4. The van der Waals surface area contributed by atoms with Crippen LogP contribution in [0.4, 0.5) is 10.8 Å². The van der Waals surface area contributed by atoms with Crippen LogP contribution < -0.4 is 16.4 Å². The van der Waals surface area contributed by atoms with Gasteiger partial charge >= 0.3 is 0 Å². The lowest BCUT2D eigenvalue weighted by Gasteiger charge is -2.17. The molecule has 0 saturated heterocycles. The Morgan fingerprint density at radius 1 is 1.17 bits per heavy atom. The molecule has 9 nitrogen and oxygen atoms in total. The van der Waals surface area contributed by atoms with Gasteiger partial charge in [0.2, 0.25) is 18.2 Å². The summed E-state index contributed by atoms with van der Waals surface area (Å²) in [7, 11) is 0. The lowest BCUT2D eigenvalue weighted by Crippen LogP contribution is -2.44. The standard InChI is InChI=1S/C23H22N6O3S2.H2S/c1-33-10-9-18(26-20(30)14-5-7-17(24)8-6-14)21(31)28-23-27-19(12-34-23)15-3-2-4-16(11-15)22-29-25-13-32-22;/h2-8,11-13,18H,9-10,24H2,1H3,(H,26,30)(H,27,28,31);1H2/t18-;/m0./s1. The van der Waals surface area contributed by atoms with E-state index in [1.54, 1.807) is 36.0 Å². The van der Waals surface area contributed by atoms with Gasteiger partial charge in [-0.1, -0.05) is 12.1 Å². The summed E-state index contributed by atoms with van der Waals surface area (Å²) < 4.78 is 5.26. The number of aromatic nitrogens is 3. The molecule has 12 heteroatoms. The van der Waals surface area contributed by atoms with Crippen LogP contribution in [0.3, 0.4) is 0 Å². The SMILES string of the molecule is CSCC[C@H](NC(=O)c1ccc(N)cc1)C(=O)Nc1nc(-c2cccc(-c3nnco3)c2)cs1.S. The predicted octanol–water partition coefficient (Wildman–Crippen LogP) is 4.05. The monoisotopic (exact) mass is 528 g/mol. The topological polar surface area (TPSA) is 136 Å². The van der Waals surface area contributed by atoms with E-state index in [2.05, 4.69) is 25.8 Å². The highest BCUT2D eigenvalue weighted by Gasteiger charge is 2.22. The van der Waals surface area contributed by atoms with E-state index >= 15 is 0 Å². The molecular weight excluding hydrogens is 504 g/mol. The van der Waals surface area contributed by atoms with Crippen molar-refractivity contribution in [3.05, 3.63) is 65.9 Å². The Morgan fingerprint density at radius 2 is 1.94 bits per heavy atom. The number of amides is 2. The first-order valence-electron chi connectivity index (χ1n) is 10.3. The zero-order chi connectivity index (χ0) is 23.9. The second-order valence-electron chi connectivity index (χ2n) is 7.28. The number of carbonyl (C=O) groups excluding carboxylic acids is 2. The van der Waals surface area contributed by atoms with Gasteiger partial charge in [0.25, 0.3) is 5.91 Å². The zero-order valence-electron chi connectivity index (χ0n) is 18.7. The van der Waals surface area contributed by atoms with E-state index in [1.807, 2.05) is 35.9 Å². The molecule has 0 aliphatic rings. The van der Waals surface area contributed by atoms with Crippen LogP contribution in [0.15, 0.2) is 64.7 Å². The molecule has 35 heavy (non-hydrogen) atoms. The van der Waals surface area contributed by atoms with Crippen molar-refractivity contribution in [1.29, 1.82) is 0 Å². The van der Waals surface area contributed by atoms with Gasteiger partial charge in [-0.2, -0.15) is 25.3 Å². The van der Waals surface area contributed by atoms with E-state index < -0.39 is 6.04 Å². The first-order chi connectivity index (χ1) is 16.5. The average molecular weight is 529 g/mol. The molecule has 2 heterocycles. The van der Waals surface area contributed by atoms with Gasteiger partial charge in [-0.15, -0.1) is 21.5 Å². The number of nitrogens with one attached hydrogen (secondary N) is 2. The molecule has 2 amide bonds. The summed E-state index contributed by atoms with van der Waals surface area (Å²) in [5.74, 6) is 0.474. The molecule has 0 aliphatic heterocycles. The van der Waals surface area contributed by atoms with Crippen LogP contribution in [0.25, 0.3) is 22.7 Å². The first kappa shape index (κ1) is 26.3. The quantitative estimate of drug-likeness (QED) is 0.277. The molecule has 0 fully saturated rings. The van der Waals surface area contributed by atoms with Crippen molar-refractivity contribution < 1.29 is 14.0 Å². The Morgan fingerprint density at radius 3 is 2.66 bits per heavy atom. The molecule has 2 aromatic carbocycles. The van der Waals surface area contributed by atoms with Crippen molar-refractivity contribution >= 4 is 59.2 Å². The molecule has 2 aromatic heterocycles. The number of rotatable bonds is 9. The van der Waals surface area contributed by atoms with Gasteiger partial charge in [0, 0.05) is 27.8 Å². The summed E-state index contributed by atoms with van der Waals surface area (Å²) in [5.41, 5.74) is 9.02. The lowest BCUT2D eigenvalue weighted by molar-refractivity contribution is -0.118. The van der Waals surface area contributed by atoms with Gasteiger partial charge in [-0.05, 0) is 54.8 Å². The number of thioether (sulfide) groups is 1. The first-order valence-corrected chi connectivity index (χ1v) is 12.6. The molecule has 0 saturated carbocycles. The molecular formula is C23H24N6O3S3. The molecule has 0 radical (unpaired) electrons. The Balaban J connectivity index is 0.00000342. The number of nitrogens with zero attached hydrogens (tertiary/aromatic N) is 3. The smallest absolute Gasteiger partial charge is 0.251 e. The van der Waals surface area contributed by atoms with Gasteiger partial charge in [-0.3, -0.25) is 9.59 Å². The van der Waals surface area contributed by atoms with Crippen LogP contribution in [0.2, 0.25) is 0 Å². The molecule has 0 aliphatic carbocycles. The number of hydrogen-bond acceptors (Lipinski definition) is 9. The summed E-state index contributed by atoms with van der Waals surface area (Å²) >= 11 is 2.91. The largest absolute Gasteiger partial charge is 0.423 e. The summed E-state index contributed by atoms with van der Waals surface area (Å²) in [5, 5.41) is 15.6. The van der Waals surface area contributed by atoms with Crippen molar-refractivity contribution in [1.82, 2.24) is 20.5 Å². The second-order valence-corrected chi connectivity index (χ2v) is 9.13. The van der Waals surface area contributed by atoms with Gasteiger partial charge in [-0.25, -0.2) is 4.98 Å². The summed E-state index contributed by atoms with van der Waals surface area (Å²) in [4.78, 5) is 30.2. The molecule has 4 N–H and O–H groups in total. The van der Waals surface area contributed by atoms with E-state index in [9.17, 15) is 9.59 Å². The Bertz CT molecular complexity index is 1260. The number of benzene rings is 2. The van der Waals surface area contributed by atoms with E-state index in [-0.39, 0.29) is 25.3 Å². The van der Waals surface area contributed by atoms with E-state index in [4.69, 9.17) is 10.2 Å². The van der Waals surface area contributed by atoms with Crippen molar-refractivity contribution in [2.45, 2.75) is 12.5 Å². The Hall–Kier alpha value is -3.35. The van der Waals surface area contributed by atoms with E-state index in [0.29, 0.717) is 40.1 Å². The fourth-order valence-electron chi connectivity index (χ4n) is 3.15. The third-order valence-electron chi connectivity index (χ3n) is 4.90. The number of thiazole rings is 1. The van der Waals surface area contributed by atoms with Crippen molar-refractivity contribution in [3.8, 4) is 22.7 Å². The Kier molecular flexibility index (Phi) is 9.29. The maximum atomic E-state index is 13.0. The molecule has 0 spiro atoms. The number of hydrogen-bond donors (Lipinski definition) is 3. The number of nitrogens with two attached hydrogens (primary N) is 1. The van der Waals surface area contributed by atoms with Crippen molar-refractivity contribution in [2.24, 2.45) is 0 Å². The average Bonchev–Trinajstić information content (AvgIpc) is 3.55. The minimum Gasteiger partial charge on any atom is -0.423 e. The van der Waals surface area contributed by atoms with E-state index in [1.165, 1.54) is 17.7 Å². The number of carbonyl (C=O) groups is 2. The maximum absolute atomic E-state index is 13.0. The van der Waals surface area contributed by atoms with E-state index in [0.717, 1.165) is 11.1 Å².